The molecule has 0 unspecified atom stereocenters. The number of anilines is 1. The molecule has 0 fully saturated rings. The molecule has 186 valence electrons. The quantitative estimate of drug-likeness (QED) is 0.457. The summed E-state index contributed by atoms with van der Waals surface area (Å²) in [6, 6.07) is 17.0. The van der Waals surface area contributed by atoms with Crippen molar-refractivity contribution in [2.24, 2.45) is 0 Å². The maximum atomic E-state index is 13.5. The molecular formula is C26H30N2O6S. The first kappa shape index (κ1) is 25.9. The Bertz CT molecular complexity index is 1270. The first-order chi connectivity index (χ1) is 16.7. The van der Waals surface area contributed by atoms with Gasteiger partial charge in [-0.1, -0.05) is 30.3 Å². The van der Waals surface area contributed by atoms with Crippen molar-refractivity contribution < 1.29 is 27.4 Å². The van der Waals surface area contributed by atoms with Crippen LogP contribution in [0.25, 0.3) is 0 Å². The van der Waals surface area contributed by atoms with Crippen LogP contribution < -0.4 is 23.8 Å². The number of methoxy groups -OCH3 is 3. The Labute approximate surface area is 206 Å². The summed E-state index contributed by atoms with van der Waals surface area (Å²) < 4.78 is 44.3. The number of aryl methyl sites for hydroxylation is 2. The molecular weight excluding hydrogens is 468 g/mol. The minimum Gasteiger partial charge on any atom is -0.493 e. The van der Waals surface area contributed by atoms with Crippen LogP contribution in [0.4, 0.5) is 5.69 Å². The monoisotopic (exact) mass is 498 g/mol. The highest BCUT2D eigenvalue weighted by atomic mass is 32.2. The van der Waals surface area contributed by atoms with Crippen LogP contribution in [-0.4, -0.2) is 42.2 Å². The Kier molecular flexibility index (Phi) is 8.24. The predicted molar refractivity (Wildman–Crippen MR) is 135 cm³/mol. The Morgan fingerprint density at radius 1 is 0.886 bits per heavy atom. The fraction of sp³-hybridized carbons (Fsp3) is 0.269. The van der Waals surface area contributed by atoms with E-state index in [1.165, 1.54) is 33.5 Å². The second kappa shape index (κ2) is 11.1. The van der Waals surface area contributed by atoms with Gasteiger partial charge in [-0.05, 0) is 60.9 Å². The average molecular weight is 499 g/mol. The van der Waals surface area contributed by atoms with Gasteiger partial charge in [-0.15, -0.1) is 0 Å². The summed E-state index contributed by atoms with van der Waals surface area (Å²) >= 11 is 0. The fourth-order valence-electron chi connectivity index (χ4n) is 3.63. The van der Waals surface area contributed by atoms with Crippen molar-refractivity contribution in [3.8, 4) is 17.2 Å². The van der Waals surface area contributed by atoms with E-state index in [1.807, 2.05) is 26.0 Å². The van der Waals surface area contributed by atoms with Crippen molar-refractivity contribution in [2.45, 2.75) is 25.3 Å². The second-order valence-electron chi connectivity index (χ2n) is 7.92. The summed E-state index contributed by atoms with van der Waals surface area (Å²) in [5, 5.41) is 2.80. The van der Waals surface area contributed by atoms with Crippen molar-refractivity contribution >= 4 is 21.6 Å². The van der Waals surface area contributed by atoms with Gasteiger partial charge >= 0.3 is 0 Å². The summed E-state index contributed by atoms with van der Waals surface area (Å²) in [5.41, 5.74) is 2.79. The van der Waals surface area contributed by atoms with Gasteiger partial charge in [0.25, 0.3) is 10.0 Å². The molecule has 3 aromatic carbocycles. The molecule has 0 aliphatic rings. The molecule has 3 rings (SSSR count). The Hall–Kier alpha value is -3.72. The molecule has 8 nitrogen and oxygen atoms in total. The highest BCUT2D eigenvalue weighted by molar-refractivity contribution is 7.92. The van der Waals surface area contributed by atoms with Crippen LogP contribution in [0, 0.1) is 13.8 Å². The van der Waals surface area contributed by atoms with Gasteiger partial charge in [0.1, 0.15) is 6.54 Å². The Morgan fingerprint density at radius 3 is 2.09 bits per heavy atom. The van der Waals surface area contributed by atoms with Gasteiger partial charge in [-0.3, -0.25) is 9.10 Å². The second-order valence-corrected chi connectivity index (χ2v) is 9.79. The lowest BCUT2D eigenvalue weighted by atomic mass is 10.1. The molecule has 0 radical (unpaired) electrons. The summed E-state index contributed by atoms with van der Waals surface area (Å²) in [5.74, 6) is 0.902. The molecule has 0 aliphatic heterocycles. The summed E-state index contributed by atoms with van der Waals surface area (Å²) in [6.45, 7) is 3.45. The number of benzene rings is 3. The summed E-state index contributed by atoms with van der Waals surface area (Å²) in [4.78, 5) is 13.1. The van der Waals surface area contributed by atoms with Gasteiger partial charge in [0.05, 0.1) is 31.9 Å². The van der Waals surface area contributed by atoms with Crippen molar-refractivity contribution in [3.05, 3.63) is 77.4 Å². The number of ether oxygens (including phenoxy) is 3. The van der Waals surface area contributed by atoms with E-state index >= 15 is 0 Å². The third kappa shape index (κ3) is 5.86. The molecule has 0 saturated heterocycles. The predicted octanol–water partition coefficient (Wildman–Crippen LogP) is 3.84. The molecule has 0 aliphatic carbocycles. The van der Waals surface area contributed by atoms with Crippen molar-refractivity contribution in [1.82, 2.24) is 5.32 Å². The molecule has 9 heteroatoms. The van der Waals surface area contributed by atoms with Crippen LogP contribution >= 0.6 is 0 Å². The van der Waals surface area contributed by atoms with Crippen molar-refractivity contribution in [2.75, 3.05) is 32.2 Å². The van der Waals surface area contributed by atoms with E-state index in [4.69, 9.17) is 14.2 Å². The molecule has 0 heterocycles. The summed E-state index contributed by atoms with van der Waals surface area (Å²) in [7, 11) is 0.545. The minimum absolute atomic E-state index is 0.110. The third-order valence-electron chi connectivity index (χ3n) is 5.47. The molecule has 0 spiro atoms. The number of nitrogens with zero attached hydrogens (tertiary/aromatic N) is 1. The summed E-state index contributed by atoms with van der Waals surface area (Å²) in [6.07, 6.45) is 0. The van der Waals surface area contributed by atoms with Crippen LogP contribution in [0.2, 0.25) is 0 Å². The number of nitrogens with one attached hydrogen (secondary N) is 1. The molecule has 0 aromatic heterocycles. The smallest absolute Gasteiger partial charge is 0.264 e. The Balaban J connectivity index is 1.89. The number of carbonyl (C=O) groups excluding carboxylic acids is 1. The zero-order chi connectivity index (χ0) is 25.6. The number of sulfonamides is 1. The lowest BCUT2D eigenvalue weighted by molar-refractivity contribution is -0.119. The first-order valence-corrected chi connectivity index (χ1v) is 12.4. The Morgan fingerprint density at radius 2 is 1.51 bits per heavy atom. The molecule has 1 N–H and O–H groups in total. The minimum atomic E-state index is -3.99. The molecule has 35 heavy (non-hydrogen) atoms. The van der Waals surface area contributed by atoms with Crippen LogP contribution in [-0.2, 0) is 21.4 Å². The number of hydrogen-bond acceptors (Lipinski definition) is 6. The maximum absolute atomic E-state index is 13.5. The zero-order valence-electron chi connectivity index (χ0n) is 20.5. The zero-order valence-corrected chi connectivity index (χ0v) is 21.3. The SMILES string of the molecule is COc1cc(CNC(=O)CN(c2cc(C)ccc2C)S(=O)(=O)c2ccccc2)cc(OC)c1OC. The normalized spacial score (nSPS) is 11.0. The highest BCUT2D eigenvalue weighted by Crippen LogP contribution is 2.38. The van der Waals surface area contributed by atoms with E-state index in [0.29, 0.717) is 28.5 Å². The number of rotatable bonds is 10. The molecule has 0 atom stereocenters. The van der Waals surface area contributed by atoms with E-state index in [-0.39, 0.29) is 18.0 Å². The number of hydrogen-bond donors (Lipinski definition) is 1. The van der Waals surface area contributed by atoms with Gasteiger partial charge in [-0.25, -0.2) is 8.42 Å². The van der Waals surface area contributed by atoms with Gasteiger partial charge in [0.15, 0.2) is 11.5 Å². The van der Waals surface area contributed by atoms with Crippen LogP contribution in [0.3, 0.4) is 0 Å². The van der Waals surface area contributed by atoms with Crippen molar-refractivity contribution in [1.29, 1.82) is 0 Å². The topological polar surface area (TPSA) is 94.2 Å². The van der Waals surface area contributed by atoms with E-state index in [1.54, 1.807) is 36.4 Å². The van der Waals surface area contributed by atoms with Crippen LogP contribution in [0.1, 0.15) is 16.7 Å². The number of amides is 1. The highest BCUT2D eigenvalue weighted by Gasteiger charge is 2.28. The fourth-order valence-corrected chi connectivity index (χ4v) is 5.13. The van der Waals surface area contributed by atoms with E-state index in [0.717, 1.165) is 15.4 Å². The molecule has 0 saturated carbocycles. The number of carbonyl (C=O) groups is 1. The first-order valence-electron chi connectivity index (χ1n) is 10.9. The van der Waals surface area contributed by atoms with Crippen LogP contribution in [0.15, 0.2) is 65.6 Å². The van der Waals surface area contributed by atoms with E-state index in [2.05, 4.69) is 5.32 Å². The van der Waals surface area contributed by atoms with Crippen molar-refractivity contribution in [3.63, 3.8) is 0 Å². The third-order valence-corrected chi connectivity index (χ3v) is 7.24. The van der Waals surface area contributed by atoms with E-state index in [9.17, 15) is 13.2 Å². The molecule has 3 aromatic rings. The largest absolute Gasteiger partial charge is 0.493 e. The lowest BCUT2D eigenvalue weighted by Gasteiger charge is -2.26. The van der Waals surface area contributed by atoms with Crippen LogP contribution in [0.5, 0.6) is 17.2 Å². The molecule has 0 bridgehead atoms. The molecule has 1 amide bonds. The van der Waals surface area contributed by atoms with Gasteiger partial charge in [0, 0.05) is 6.54 Å². The maximum Gasteiger partial charge on any atom is 0.264 e. The van der Waals surface area contributed by atoms with Gasteiger partial charge < -0.3 is 19.5 Å². The van der Waals surface area contributed by atoms with Gasteiger partial charge in [0.2, 0.25) is 11.7 Å². The van der Waals surface area contributed by atoms with Gasteiger partial charge in [-0.2, -0.15) is 0 Å². The van der Waals surface area contributed by atoms with E-state index < -0.39 is 15.9 Å². The lowest BCUT2D eigenvalue weighted by Crippen LogP contribution is -2.41. The average Bonchev–Trinajstić information content (AvgIpc) is 2.87. The standard InChI is InChI=1S/C26H30N2O6S/c1-18-11-12-19(2)22(13-18)28(35(30,31)21-9-7-6-8-10-21)17-25(29)27-16-20-14-23(32-3)26(34-5)24(15-20)33-4/h6-15H,16-17H2,1-5H3,(H,27,29).